The molecule has 0 aliphatic rings. The number of aromatic carboxylic acids is 2. The Bertz CT molecular complexity index is 535. The maximum Gasteiger partial charge on any atom is 0.336 e. The number of benzene rings is 1. The van der Waals surface area contributed by atoms with Gasteiger partial charge >= 0.3 is 11.9 Å². The van der Waals surface area contributed by atoms with Crippen molar-refractivity contribution < 1.29 is 30.0 Å². The molecule has 0 fully saturated rings. The highest BCUT2D eigenvalue weighted by Gasteiger charge is 2.25. The van der Waals surface area contributed by atoms with Crippen LogP contribution in [0.25, 0.3) is 0 Å². The average Bonchev–Trinajstić information content (AvgIpc) is 2.38. The van der Waals surface area contributed by atoms with Gasteiger partial charge in [0.05, 0.1) is 17.7 Å². The largest absolute Gasteiger partial charge is 0.478 e. The molecule has 0 saturated carbocycles. The summed E-state index contributed by atoms with van der Waals surface area (Å²) in [6.45, 7) is 2.51. The minimum Gasteiger partial charge on any atom is -0.478 e. The number of carboxylic acids is 2. The van der Waals surface area contributed by atoms with E-state index in [9.17, 15) is 19.8 Å². The second-order valence-corrected chi connectivity index (χ2v) is 4.64. The van der Waals surface area contributed by atoms with Crippen LogP contribution in [0.15, 0.2) is 6.07 Å². The van der Waals surface area contributed by atoms with Gasteiger partial charge in [0.2, 0.25) is 0 Å². The van der Waals surface area contributed by atoms with Gasteiger partial charge in [-0.1, -0.05) is 0 Å². The van der Waals surface area contributed by atoms with E-state index in [0.717, 1.165) is 0 Å². The normalized spacial score (nSPS) is 12.2. The van der Waals surface area contributed by atoms with Gasteiger partial charge in [0.1, 0.15) is 0 Å². The topological polar surface area (TPSA) is 115 Å². The van der Waals surface area contributed by atoms with Gasteiger partial charge in [-0.05, 0) is 43.0 Å². The Morgan fingerprint density at radius 2 is 1.70 bits per heavy atom. The van der Waals surface area contributed by atoms with Crippen LogP contribution >= 0.6 is 0 Å². The maximum absolute atomic E-state index is 11.4. The Kier molecular flexibility index (Phi) is 5.24. The van der Waals surface area contributed by atoms with Crippen molar-refractivity contribution in [2.75, 3.05) is 13.2 Å². The van der Waals surface area contributed by atoms with Crippen LogP contribution in [0.3, 0.4) is 0 Å². The smallest absolute Gasteiger partial charge is 0.336 e. The fourth-order valence-corrected chi connectivity index (χ4v) is 2.27. The molecule has 1 atom stereocenters. The number of carbonyl (C=O) groups is 2. The van der Waals surface area contributed by atoms with Crippen LogP contribution in [0.2, 0.25) is 0 Å². The van der Waals surface area contributed by atoms with Crippen LogP contribution in [0.5, 0.6) is 0 Å². The van der Waals surface area contributed by atoms with Gasteiger partial charge in [0.15, 0.2) is 0 Å². The molecule has 20 heavy (non-hydrogen) atoms. The third-order valence-electron chi connectivity index (χ3n) is 3.51. The second-order valence-electron chi connectivity index (χ2n) is 4.64. The first-order valence-corrected chi connectivity index (χ1v) is 6.17. The Balaban J connectivity index is 3.61. The lowest BCUT2D eigenvalue weighted by molar-refractivity contribution is 0.0677. The molecule has 6 nitrogen and oxygen atoms in total. The third-order valence-corrected chi connectivity index (χ3v) is 3.51. The monoisotopic (exact) mass is 282 g/mol. The molecule has 0 heterocycles. The summed E-state index contributed by atoms with van der Waals surface area (Å²) >= 11 is 0. The lowest BCUT2D eigenvalue weighted by Gasteiger charge is -2.20. The van der Waals surface area contributed by atoms with Crippen molar-refractivity contribution in [1.82, 2.24) is 0 Å². The minimum atomic E-state index is -1.17. The van der Waals surface area contributed by atoms with E-state index in [2.05, 4.69) is 0 Å². The molecule has 1 aromatic carbocycles. The molecule has 4 N–H and O–H groups in total. The second kappa shape index (κ2) is 6.49. The highest BCUT2D eigenvalue weighted by atomic mass is 16.4. The zero-order chi connectivity index (χ0) is 15.4. The molecular formula is C14H18O6. The van der Waals surface area contributed by atoms with Crippen molar-refractivity contribution >= 4 is 11.9 Å². The quantitative estimate of drug-likeness (QED) is 0.622. The molecule has 1 unspecified atom stereocenters. The summed E-state index contributed by atoms with van der Waals surface area (Å²) in [4.78, 5) is 22.6. The fraction of sp³-hybridized carbons (Fsp3) is 0.429. The van der Waals surface area contributed by atoms with Gasteiger partial charge < -0.3 is 20.4 Å². The van der Waals surface area contributed by atoms with Gasteiger partial charge in [-0.25, -0.2) is 9.59 Å². The van der Waals surface area contributed by atoms with E-state index in [-0.39, 0.29) is 36.3 Å². The molecular weight excluding hydrogens is 264 g/mol. The summed E-state index contributed by atoms with van der Waals surface area (Å²) in [5.74, 6) is -2.93. The number of hydrogen-bond acceptors (Lipinski definition) is 4. The van der Waals surface area contributed by atoms with Gasteiger partial charge in [-0.2, -0.15) is 0 Å². The highest BCUT2D eigenvalue weighted by Crippen LogP contribution is 2.30. The van der Waals surface area contributed by atoms with Gasteiger partial charge in [-0.15, -0.1) is 0 Å². The van der Waals surface area contributed by atoms with Gasteiger partial charge in [0.25, 0.3) is 0 Å². The van der Waals surface area contributed by atoms with Crippen LogP contribution in [0.1, 0.15) is 49.7 Å². The lowest BCUT2D eigenvalue weighted by Crippen LogP contribution is -2.17. The number of rotatable bonds is 6. The molecule has 0 saturated heterocycles. The van der Waals surface area contributed by atoms with E-state index >= 15 is 0 Å². The predicted molar refractivity (Wildman–Crippen MR) is 71.4 cm³/mol. The molecule has 0 spiro atoms. The van der Waals surface area contributed by atoms with E-state index in [1.807, 2.05) is 0 Å². The lowest BCUT2D eigenvalue weighted by atomic mass is 9.85. The van der Waals surface area contributed by atoms with Crippen LogP contribution in [0.4, 0.5) is 0 Å². The molecule has 0 bridgehead atoms. The van der Waals surface area contributed by atoms with Crippen LogP contribution in [-0.2, 0) is 0 Å². The molecule has 110 valence electrons. The van der Waals surface area contributed by atoms with Crippen molar-refractivity contribution in [3.63, 3.8) is 0 Å². The summed E-state index contributed by atoms with van der Waals surface area (Å²) < 4.78 is 0. The predicted octanol–water partition coefficient (Wildman–Crippen LogP) is 1.16. The van der Waals surface area contributed by atoms with Crippen LogP contribution < -0.4 is 0 Å². The average molecular weight is 282 g/mol. The van der Waals surface area contributed by atoms with E-state index in [0.29, 0.717) is 11.1 Å². The maximum atomic E-state index is 11.4. The molecule has 6 heteroatoms. The summed E-state index contributed by atoms with van der Waals surface area (Å²) in [6.07, 6.45) is 0.165. The van der Waals surface area contributed by atoms with Gasteiger partial charge in [0, 0.05) is 12.5 Å². The van der Waals surface area contributed by atoms with E-state index in [4.69, 9.17) is 10.2 Å². The number of carboxylic acid groups (broad SMARTS) is 2. The Labute approximate surface area is 116 Å². The fourth-order valence-electron chi connectivity index (χ4n) is 2.27. The van der Waals surface area contributed by atoms with E-state index < -0.39 is 17.9 Å². The SMILES string of the molecule is Cc1c(C(=O)O)cc(C(CO)CCO)c(C(=O)O)c1C. The number of aliphatic hydroxyl groups is 2. The summed E-state index contributed by atoms with van der Waals surface area (Å²) in [7, 11) is 0. The molecule has 0 radical (unpaired) electrons. The highest BCUT2D eigenvalue weighted by molar-refractivity contribution is 5.96. The van der Waals surface area contributed by atoms with Gasteiger partial charge in [-0.3, -0.25) is 0 Å². The first-order valence-electron chi connectivity index (χ1n) is 6.17. The molecule has 0 aliphatic carbocycles. The minimum absolute atomic E-state index is 0.000000000000000444. The molecule has 0 aliphatic heterocycles. The Hall–Kier alpha value is -1.92. The number of aliphatic hydroxyl groups excluding tert-OH is 2. The Morgan fingerprint density at radius 3 is 2.10 bits per heavy atom. The molecule has 0 amide bonds. The third kappa shape index (κ3) is 2.97. The summed E-state index contributed by atoms with van der Waals surface area (Å²) in [5, 5.41) is 36.8. The summed E-state index contributed by atoms with van der Waals surface area (Å²) in [6, 6.07) is 1.28. The molecule has 0 aromatic heterocycles. The van der Waals surface area contributed by atoms with Crippen molar-refractivity contribution in [2.45, 2.75) is 26.2 Å². The first kappa shape index (κ1) is 16.1. The van der Waals surface area contributed by atoms with Crippen molar-refractivity contribution in [2.24, 2.45) is 0 Å². The first-order chi connectivity index (χ1) is 9.34. The van der Waals surface area contributed by atoms with Crippen LogP contribution in [-0.4, -0.2) is 45.6 Å². The molecule has 1 aromatic rings. The van der Waals surface area contributed by atoms with E-state index in [1.54, 1.807) is 13.8 Å². The number of hydrogen-bond donors (Lipinski definition) is 4. The van der Waals surface area contributed by atoms with Crippen molar-refractivity contribution in [1.29, 1.82) is 0 Å². The molecule has 1 rings (SSSR count). The standard InChI is InChI=1S/C14H18O6/c1-7-8(2)12(14(19)20)11(5-10(7)13(17)18)9(6-16)3-4-15/h5,9,15-16H,3-4,6H2,1-2H3,(H,17,18)(H,19,20). The van der Waals surface area contributed by atoms with Crippen molar-refractivity contribution in [3.8, 4) is 0 Å². The zero-order valence-corrected chi connectivity index (χ0v) is 11.4. The Morgan fingerprint density at radius 1 is 1.10 bits per heavy atom. The van der Waals surface area contributed by atoms with Crippen LogP contribution in [0, 0.1) is 13.8 Å². The zero-order valence-electron chi connectivity index (χ0n) is 11.4. The van der Waals surface area contributed by atoms with E-state index in [1.165, 1.54) is 6.07 Å². The van der Waals surface area contributed by atoms with Crippen molar-refractivity contribution in [3.05, 3.63) is 33.9 Å². The summed E-state index contributed by atoms with van der Waals surface area (Å²) in [5.41, 5.74) is 1.01.